The number of carbonyl (C=O) groups excluding carboxylic acids is 1. The number of aliphatic imine (C=N–C) groups is 1. The summed E-state index contributed by atoms with van der Waals surface area (Å²) in [5.74, 6) is 2.42. The normalized spacial score (nSPS) is 21.0. The van der Waals surface area contributed by atoms with E-state index in [0.717, 1.165) is 11.3 Å². The van der Waals surface area contributed by atoms with Gasteiger partial charge in [0.25, 0.3) is 5.91 Å². The minimum absolute atomic E-state index is 0.167. The van der Waals surface area contributed by atoms with Crippen molar-refractivity contribution in [2.24, 2.45) is 4.99 Å². The van der Waals surface area contributed by atoms with E-state index in [1.165, 1.54) is 12.3 Å². The molecule has 1 atom stereocenters. The largest absolute Gasteiger partial charge is 0.325 e. The molecule has 1 aliphatic rings. The molecule has 0 aromatic heterocycles. The van der Waals surface area contributed by atoms with Crippen LogP contribution in [-0.4, -0.2) is 23.7 Å². The minimum atomic E-state index is -0.250. The van der Waals surface area contributed by atoms with E-state index in [9.17, 15) is 4.79 Å². The first-order valence-corrected chi connectivity index (χ1v) is 7.46. The van der Waals surface area contributed by atoms with Gasteiger partial charge in [-0.05, 0) is 31.6 Å². The average molecular weight is 330 g/mol. The summed E-state index contributed by atoms with van der Waals surface area (Å²) in [7, 11) is 0. The highest BCUT2D eigenvalue weighted by atomic mass is 35.5. The van der Waals surface area contributed by atoms with Gasteiger partial charge in [0.05, 0.1) is 6.04 Å². The van der Waals surface area contributed by atoms with Gasteiger partial charge in [0, 0.05) is 24.0 Å². The van der Waals surface area contributed by atoms with Gasteiger partial charge in [-0.15, -0.1) is 6.42 Å². The van der Waals surface area contributed by atoms with Gasteiger partial charge in [-0.3, -0.25) is 10.1 Å². The predicted molar refractivity (Wildman–Crippen MR) is 97.0 cm³/mol. The van der Waals surface area contributed by atoms with Crippen LogP contribution in [0.25, 0.3) is 0 Å². The van der Waals surface area contributed by atoms with Gasteiger partial charge in [0.15, 0.2) is 0 Å². The molecule has 120 valence electrons. The second-order valence-electron chi connectivity index (χ2n) is 4.76. The first-order valence-electron chi connectivity index (χ1n) is 7.08. The minimum Gasteiger partial charge on any atom is -0.325 e. The Morgan fingerprint density at radius 2 is 2.39 bits per heavy atom. The lowest BCUT2D eigenvalue weighted by Gasteiger charge is -2.23. The Hall–Kier alpha value is -2.35. The smallest absolute Gasteiger partial charge is 0.252 e. The molecule has 0 saturated carbocycles. The van der Waals surface area contributed by atoms with Crippen LogP contribution < -0.4 is 10.6 Å². The number of rotatable bonds is 5. The van der Waals surface area contributed by atoms with Gasteiger partial charge < -0.3 is 5.32 Å². The second kappa shape index (κ2) is 9.62. The van der Waals surface area contributed by atoms with E-state index in [2.05, 4.69) is 28.1 Å². The fraction of sp³-hybridized carbons (Fsp3) is 0.222. The third kappa shape index (κ3) is 6.11. The topological polar surface area (TPSA) is 53.5 Å². The van der Waals surface area contributed by atoms with Crippen molar-refractivity contribution in [2.45, 2.75) is 19.9 Å². The molecule has 4 nitrogen and oxygen atoms in total. The molecule has 1 unspecified atom stereocenters. The average Bonchev–Trinajstić information content (AvgIpc) is 2.57. The van der Waals surface area contributed by atoms with E-state index in [-0.39, 0.29) is 17.1 Å². The van der Waals surface area contributed by atoms with Crippen LogP contribution in [0.1, 0.15) is 13.8 Å². The van der Waals surface area contributed by atoms with Crippen molar-refractivity contribution in [1.29, 1.82) is 0 Å². The molecule has 0 bridgehead atoms. The zero-order chi connectivity index (χ0) is 17.2. The standard InChI is InChI=1S/C18H20ClN3O/c1-5-8-9-14-10-15(12-20-16(14)6-2)22-18(23)13(4)11-21-17(19)7-3/h2,5,7-11,16,20H,3,12H2,1,4H3,(H,22,23)/b8-5-,13-11+,14-9-,21-17?. The first-order chi connectivity index (χ1) is 11.0. The number of hydrogen-bond donors (Lipinski definition) is 2. The first kappa shape index (κ1) is 18.7. The van der Waals surface area contributed by atoms with Crippen LogP contribution in [0, 0.1) is 12.3 Å². The Morgan fingerprint density at radius 1 is 1.65 bits per heavy atom. The van der Waals surface area contributed by atoms with E-state index in [1.807, 2.05) is 31.2 Å². The Morgan fingerprint density at radius 3 is 3.00 bits per heavy atom. The van der Waals surface area contributed by atoms with Gasteiger partial charge in [-0.25, -0.2) is 4.99 Å². The maximum atomic E-state index is 12.1. The third-order valence-electron chi connectivity index (χ3n) is 3.00. The van der Waals surface area contributed by atoms with E-state index in [1.54, 1.807) is 6.92 Å². The zero-order valence-corrected chi connectivity index (χ0v) is 14.0. The monoisotopic (exact) mass is 329 g/mol. The molecule has 1 amide bonds. The summed E-state index contributed by atoms with van der Waals surface area (Å²) in [5, 5.41) is 6.24. The van der Waals surface area contributed by atoms with Crippen molar-refractivity contribution in [3.05, 3.63) is 60.0 Å². The van der Waals surface area contributed by atoms with Crippen LogP contribution in [0.2, 0.25) is 0 Å². The van der Waals surface area contributed by atoms with Crippen molar-refractivity contribution < 1.29 is 4.79 Å². The second-order valence-corrected chi connectivity index (χ2v) is 5.15. The van der Waals surface area contributed by atoms with Gasteiger partial charge >= 0.3 is 0 Å². The Bertz CT molecular complexity index is 660. The summed E-state index contributed by atoms with van der Waals surface area (Å²) in [6.07, 6.45) is 15.9. The molecule has 0 aromatic rings. The fourth-order valence-electron chi connectivity index (χ4n) is 1.77. The number of nitrogens with one attached hydrogen (secondary N) is 2. The fourth-order valence-corrected chi connectivity index (χ4v) is 1.82. The van der Waals surface area contributed by atoms with E-state index in [0.29, 0.717) is 12.1 Å². The molecule has 23 heavy (non-hydrogen) atoms. The molecule has 1 heterocycles. The van der Waals surface area contributed by atoms with Gasteiger partial charge in [0.2, 0.25) is 0 Å². The van der Waals surface area contributed by atoms with E-state index < -0.39 is 0 Å². The zero-order valence-electron chi connectivity index (χ0n) is 13.3. The molecular weight excluding hydrogens is 310 g/mol. The SMILES string of the molecule is C#CC1NCC(NC(=O)/C(C)=C/N=C(Cl)C=C)=C/C1=C/C=C\C. The lowest BCUT2D eigenvalue weighted by molar-refractivity contribution is -0.116. The molecule has 0 aliphatic carbocycles. The molecule has 1 aliphatic heterocycles. The summed E-state index contributed by atoms with van der Waals surface area (Å²) in [6.45, 7) is 7.55. The molecule has 5 heteroatoms. The number of allylic oxidation sites excluding steroid dienone is 4. The van der Waals surface area contributed by atoms with Crippen LogP contribution >= 0.6 is 11.6 Å². The van der Waals surface area contributed by atoms with Crippen LogP contribution in [-0.2, 0) is 4.79 Å². The number of terminal acetylenes is 1. The summed E-state index contributed by atoms with van der Waals surface area (Å²) in [4.78, 5) is 16.0. The van der Waals surface area contributed by atoms with Crippen LogP contribution in [0.4, 0.5) is 0 Å². The number of hydrogen-bond acceptors (Lipinski definition) is 3. The van der Waals surface area contributed by atoms with Crippen molar-refractivity contribution >= 4 is 22.7 Å². The molecular formula is C18H20ClN3O. The van der Waals surface area contributed by atoms with Gasteiger partial charge in [0.1, 0.15) is 5.17 Å². The van der Waals surface area contributed by atoms with Crippen LogP contribution in [0.5, 0.6) is 0 Å². The predicted octanol–water partition coefficient (Wildman–Crippen LogP) is 2.82. The van der Waals surface area contributed by atoms with E-state index >= 15 is 0 Å². The summed E-state index contributed by atoms with van der Waals surface area (Å²) < 4.78 is 0. The number of carbonyl (C=O) groups is 1. The van der Waals surface area contributed by atoms with Crippen molar-refractivity contribution in [1.82, 2.24) is 10.6 Å². The van der Waals surface area contributed by atoms with Gasteiger partial charge in [-0.2, -0.15) is 0 Å². The van der Waals surface area contributed by atoms with Crippen LogP contribution in [0.15, 0.2) is 65.0 Å². The Kier molecular flexibility index (Phi) is 7.82. The van der Waals surface area contributed by atoms with Crippen molar-refractivity contribution in [3.8, 4) is 12.3 Å². The van der Waals surface area contributed by atoms with Crippen molar-refractivity contribution in [3.63, 3.8) is 0 Å². The number of amides is 1. The highest BCUT2D eigenvalue weighted by molar-refractivity contribution is 6.68. The molecule has 0 spiro atoms. The Balaban J connectivity index is 2.88. The third-order valence-corrected chi connectivity index (χ3v) is 3.25. The Labute approximate surface area is 142 Å². The lowest BCUT2D eigenvalue weighted by Crippen LogP contribution is -2.39. The molecule has 0 radical (unpaired) electrons. The van der Waals surface area contributed by atoms with E-state index in [4.69, 9.17) is 18.0 Å². The molecule has 0 aromatic carbocycles. The summed E-state index contributed by atoms with van der Waals surface area (Å²) in [6, 6.07) is -0.167. The highest BCUT2D eigenvalue weighted by Gasteiger charge is 2.17. The summed E-state index contributed by atoms with van der Waals surface area (Å²) in [5.41, 5.74) is 2.09. The molecule has 1 rings (SSSR count). The maximum Gasteiger partial charge on any atom is 0.252 e. The molecule has 0 saturated heterocycles. The highest BCUT2D eigenvalue weighted by Crippen LogP contribution is 2.12. The quantitative estimate of drug-likeness (QED) is 0.463. The van der Waals surface area contributed by atoms with Crippen molar-refractivity contribution in [2.75, 3.05) is 6.54 Å². The maximum absolute atomic E-state index is 12.1. The number of nitrogens with zero attached hydrogens (tertiary/aromatic N) is 1. The number of halogens is 1. The molecule has 0 fully saturated rings. The van der Waals surface area contributed by atoms with Crippen LogP contribution in [0.3, 0.4) is 0 Å². The summed E-state index contributed by atoms with van der Waals surface area (Å²) >= 11 is 5.71. The lowest BCUT2D eigenvalue weighted by atomic mass is 10.0. The van der Waals surface area contributed by atoms with Gasteiger partial charge in [-0.1, -0.05) is 42.3 Å². The molecule has 2 N–H and O–H groups in total.